The maximum absolute atomic E-state index is 13.1. The van der Waals surface area contributed by atoms with Gasteiger partial charge in [0.2, 0.25) is 5.91 Å². The first-order valence-corrected chi connectivity index (χ1v) is 12.5. The Balaban J connectivity index is 1.77. The second-order valence-corrected chi connectivity index (χ2v) is 10.9. The molecule has 10 nitrogen and oxygen atoms in total. The summed E-state index contributed by atoms with van der Waals surface area (Å²) in [4.78, 5) is 47.9. The molecule has 3 N–H and O–H groups in total. The Hall–Kier alpha value is -3.37. The van der Waals surface area contributed by atoms with E-state index in [1.165, 1.54) is 18.2 Å². The molecule has 1 aliphatic rings. The molecule has 2 unspecified atom stereocenters. The van der Waals surface area contributed by atoms with Gasteiger partial charge in [0.05, 0.1) is 10.3 Å². The van der Waals surface area contributed by atoms with Gasteiger partial charge in [-0.05, 0) is 48.9 Å². The van der Waals surface area contributed by atoms with Gasteiger partial charge in [-0.3, -0.25) is 19.7 Å². The van der Waals surface area contributed by atoms with Gasteiger partial charge in [0, 0.05) is 34.0 Å². The number of carboxylic acids is 2. The summed E-state index contributed by atoms with van der Waals surface area (Å²) in [6.45, 7) is 4.83. The third-order valence-corrected chi connectivity index (χ3v) is 8.43. The summed E-state index contributed by atoms with van der Waals surface area (Å²) in [5.41, 5.74) is -1.72. The maximum Gasteiger partial charge on any atom is 0.326 e. The second kappa shape index (κ2) is 11.2. The highest BCUT2D eigenvalue weighted by Gasteiger charge is 2.58. The van der Waals surface area contributed by atoms with Crippen LogP contribution >= 0.6 is 23.2 Å². The Bertz CT molecular complexity index is 1260. The highest BCUT2D eigenvalue weighted by Crippen LogP contribution is 2.56. The third-order valence-electron chi connectivity index (χ3n) is 7.72. The fourth-order valence-corrected chi connectivity index (χ4v) is 5.33. The van der Waals surface area contributed by atoms with E-state index in [0.29, 0.717) is 22.0 Å². The number of ether oxygens (including phenoxy) is 1. The van der Waals surface area contributed by atoms with Crippen molar-refractivity contribution in [3.63, 3.8) is 0 Å². The van der Waals surface area contributed by atoms with Crippen LogP contribution in [0.4, 0.5) is 5.69 Å². The topological polar surface area (TPSA) is 156 Å². The number of rotatable bonds is 10. The van der Waals surface area contributed by atoms with Crippen molar-refractivity contribution < 1.29 is 34.3 Å². The number of carbonyl (C=O) groups is 3. The largest absolute Gasteiger partial charge is 0.482 e. The molecule has 0 aliphatic heterocycles. The average Bonchev–Trinajstić information content (AvgIpc) is 3.08. The van der Waals surface area contributed by atoms with Crippen LogP contribution in [0, 0.1) is 26.9 Å². The summed E-state index contributed by atoms with van der Waals surface area (Å²) in [5, 5.41) is 34.3. The average molecular weight is 567 g/mol. The van der Waals surface area contributed by atoms with Crippen molar-refractivity contribution in [3.8, 4) is 5.75 Å². The fourth-order valence-electron chi connectivity index (χ4n) is 4.82. The maximum atomic E-state index is 13.1. The molecule has 0 saturated heterocycles. The lowest BCUT2D eigenvalue weighted by molar-refractivity contribution is -0.386. The van der Waals surface area contributed by atoms with Crippen molar-refractivity contribution in [1.82, 2.24) is 5.32 Å². The van der Waals surface area contributed by atoms with E-state index in [4.69, 9.17) is 27.9 Å². The number of carboxylic acid groups (broad SMARTS) is 2. The first-order valence-electron chi connectivity index (χ1n) is 11.8. The van der Waals surface area contributed by atoms with Gasteiger partial charge in [-0.1, -0.05) is 49.2 Å². The number of amides is 1. The summed E-state index contributed by atoms with van der Waals surface area (Å²) in [7, 11) is 0. The van der Waals surface area contributed by atoms with E-state index in [2.05, 4.69) is 5.32 Å². The highest BCUT2D eigenvalue weighted by molar-refractivity contribution is 6.35. The standard InChI is InChI=1S/C26H28Cl2N2O8/c1-25(2)16(9-10-26(25,3)24(34)35)22(31)29-19(23(32)33)11-14-7-8-21(20(12-14)30(36)37)38-13-15-17(27)5-4-6-18(15)28/h4-8,12,16,19H,9-11,13H2,1-3H3,(H,29,31)(H,32,33)(H,34,35)/t16?,19-,26?/m0/s1. The fraction of sp³-hybridized carbons (Fsp3) is 0.423. The van der Waals surface area contributed by atoms with Crippen LogP contribution in [0.1, 0.15) is 44.7 Å². The minimum atomic E-state index is -1.39. The molecule has 38 heavy (non-hydrogen) atoms. The van der Waals surface area contributed by atoms with E-state index in [1.54, 1.807) is 39.0 Å². The van der Waals surface area contributed by atoms with Crippen LogP contribution in [0.25, 0.3) is 0 Å². The van der Waals surface area contributed by atoms with Gasteiger partial charge in [-0.15, -0.1) is 0 Å². The predicted octanol–water partition coefficient (Wildman–Crippen LogP) is 5.12. The van der Waals surface area contributed by atoms with Crippen molar-refractivity contribution in [3.05, 3.63) is 67.7 Å². The van der Waals surface area contributed by atoms with Crippen molar-refractivity contribution in [2.24, 2.45) is 16.7 Å². The van der Waals surface area contributed by atoms with Crippen molar-refractivity contribution in [1.29, 1.82) is 0 Å². The van der Waals surface area contributed by atoms with Gasteiger partial charge in [0.1, 0.15) is 12.6 Å². The van der Waals surface area contributed by atoms with E-state index in [0.717, 1.165) is 0 Å². The van der Waals surface area contributed by atoms with Gasteiger partial charge < -0.3 is 20.3 Å². The van der Waals surface area contributed by atoms with Crippen LogP contribution in [0.5, 0.6) is 5.75 Å². The van der Waals surface area contributed by atoms with Crippen LogP contribution in [0.15, 0.2) is 36.4 Å². The lowest BCUT2D eigenvalue weighted by Crippen LogP contribution is -2.49. The molecule has 2 aromatic carbocycles. The molecule has 0 heterocycles. The summed E-state index contributed by atoms with van der Waals surface area (Å²) >= 11 is 12.3. The molecule has 0 bridgehead atoms. The molecular weight excluding hydrogens is 539 g/mol. The number of hydrogen-bond donors (Lipinski definition) is 3. The Labute approximate surface area is 229 Å². The smallest absolute Gasteiger partial charge is 0.326 e. The van der Waals surface area contributed by atoms with Crippen molar-refractivity contribution in [2.75, 3.05) is 0 Å². The number of benzene rings is 2. The lowest BCUT2D eigenvalue weighted by Gasteiger charge is -2.38. The van der Waals surface area contributed by atoms with Crippen LogP contribution < -0.4 is 10.1 Å². The Morgan fingerprint density at radius 3 is 2.32 bits per heavy atom. The van der Waals surface area contributed by atoms with Gasteiger partial charge in [0.15, 0.2) is 5.75 Å². The molecule has 204 valence electrons. The Kier molecular flexibility index (Phi) is 8.58. The van der Waals surface area contributed by atoms with Crippen molar-refractivity contribution in [2.45, 2.75) is 52.7 Å². The van der Waals surface area contributed by atoms with Crippen LogP contribution in [-0.2, 0) is 27.4 Å². The lowest BCUT2D eigenvalue weighted by atomic mass is 9.65. The molecule has 3 rings (SSSR count). The summed E-state index contributed by atoms with van der Waals surface area (Å²) in [6.07, 6.45) is 0.334. The second-order valence-electron chi connectivity index (χ2n) is 10.1. The normalized spacial score (nSPS) is 20.9. The number of halogens is 2. The molecule has 1 aliphatic carbocycles. The Morgan fingerprint density at radius 1 is 1.16 bits per heavy atom. The molecule has 0 spiro atoms. The molecule has 1 amide bonds. The number of carbonyl (C=O) groups excluding carboxylic acids is 1. The molecule has 0 radical (unpaired) electrons. The number of nitrogens with one attached hydrogen (secondary N) is 1. The summed E-state index contributed by atoms with van der Waals surface area (Å²) in [6, 6.07) is 7.49. The van der Waals surface area contributed by atoms with Gasteiger partial charge >= 0.3 is 17.6 Å². The zero-order valence-electron chi connectivity index (χ0n) is 21.0. The SMILES string of the molecule is CC1(C(=O)O)CCC(C(=O)N[C@@H](Cc2ccc(OCc3c(Cl)cccc3Cl)c([N+](=O)[O-])c2)C(=O)O)C1(C)C. The molecule has 1 saturated carbocycles. The summed E-state index contributed by atoms with van der Waals surface area (Å²) < 4.78 is 5.60. The van der Waals surface area contributed by atoms with E-state index >= 15 is 0 Å². The number of aliphatic carboxylic acids is 2. The van der Waals surface area contributed by atoms with Gasteiger partial charge in [0.25, 0.3) is 0 Å². The minimum absolute atomic E-state index is 0.0636. The van der Waals surface area contributed by atoms with Crippen molar-refractivity contribution >= 4 is 46.7 Å². The molecule has 0 aromatic heterocycles. The number of nitro benzene ring substituents is 1. The first-order chi connectivity index (χ1) is 17.7. The van der Waals surface area contributed by atoms with Gasteiger partial charge in [-0.2, -0.15) is 0 Å². The van der Waals surface area contributed by atoms with E-state index in [-0.39, 0.29) is 30.8 Å². The molecule has 2 aromatic rings. The minimum Gasteiger partial charge on any atom is -0.482 e. The monoisotopic (exact) mass is 566 g/mol. The number of nitro groups is 1. The number of hydrogen-bond acceptors (Lipinski definition) is 6. The molecule has 1 fully saturated rings. The summed E-state index contributed by atoms with van der Waals surface area (Å²) in [5.74, 6) is -3.69. The zero-order valence-corrected chi connectivity index (χ0v) is 22.5. The van der Waals surface area contributed by atoms with E-state index < -0.39 is 51.2 Å². The molecular formula is C26H28Cl2N2O8. The predicted molar refractivity (Wildman–Crippen MR) is 139 cm³/mol. The first kappa shape index (κ1) is 29.2. The van der Waals surface area contributed by atoms with Crippen LogP contribution in [0.2, 0.25) is 10.0 Å². The molecule has 3 atom stereocenters. The van der Waals surface area contributed by atoms with E-state index in [1.807, 2.05) is 0 Å². The van der Waals surface area contributed by atoms with Crippen LogP contribution in [-0.4, -0.2) is 39.0 Å². The third kappa shape index (κ3) is 5.71. The van der Waals surface area contributed by atoms with E-state index in [9.17, 15) is 34.7 Å². The van der Waals surface area contributed by atoms with Crippen LogP contribution in [0.3, 0.4) is 0 Å². The zero-order chi connectivity index (χ0) is 28.4. The molecule has 12 heteroatoms. The Morgan fingerprint density at radius 2 is 1.79 bits per heavy atom. The highest BCUT2D eigenvalue weighted by atomic mass is 35.5. The quantitative estimate of drug-likeness (QED) is 0.264. The number of nitrogens with zero attached hydrogens (tertiary/aromatic N) is 1. The van der Waals surface area contributed by atoms with Gasteiger partial charge in [-0.25, -0.2) is 4.79 Å².